The van der Waals surface area contributed by atoms with Crippen molar-refractivity contribution in [2.75, 3.05) is 32.0 Å². The number of carboxylic acid groups (broad SMARTS) is 1. The monoisotopic (exact) mass is 459 g/mol. The number of carboxylic acids is 1. The molecule has 7 heteroatoms. The highest BCUT2D eigenvalue weighted by atomic mass is 16.5. The summed E-state index contributed by atoms with van der Waals surface area (Å²) in [5.74, 6) is 0.514. The summed E-state index contributed by atoms with van der Waals surface area (Å²) in [5.41, 5.74) is 2.12. The second-order valence-corrected chi connectivity index (χ2v) is 8.58. The van der Waals surface area contributed by atoms with Crippen LogP contribution in [0.1, 0.15) is 22.3 Å². The molecule has 34 heavy (non-hydrogen) atoms. The van der Waals surface area contributed by atoms with Crippen LogP contribution in [0.5, 0.6) is 11.5 Å². The fraction of sp³-hybridized carbons (Fsp3) is 0.259. The number of rotatable bonds is 9. The number of anilines is 1. The van der Waals surface area contributed by atoms with Gasteiger partial charge in [0.15, 0.2) is 0 Å². The summed E-state index contributed by atoms with van der Waals surface area (Å²) < 4.78 is 5.79. The third-order valence-corrected chi connectivity index (χ3v) is 5.99. The van der Waals surface area contributed by atoms with E-state index in [9.17, 15) is 9.59 Å². The molecule has 176 valence electrons. The number of likely N-dealkylation sites (N-methyl/N-ethyl adjacent to an activating group) is 1. The van der Waals surface area contributed by atoms with Gasteiger partial charge in [-0.1, -0.05) is 30.3 Å². The van der Waals surface area contributed by atoms with Gasteiger partial charge in [0.05, 0.1) is 12.1 Å². The van der Waals surface area contributed by atoms with E-state index in [0.29, 0.717) is 23.9 Å². The Hall–Kier alpha value is -3.68. The maximum atomic E-state index is 12.6. The van der Waals surface area contributed by atoms with E-state index >= 15 is 0 Å². The van der Waals surface area contributed by atoms with Gasteiger partial charge in [-0.3, -0.25) is 14.6 Å². The van der Waals surface area contributed by atoms with Crippen LogP contribution in [-0.2, 0) is 11.3 Å². The molecule has 1 saturated heterocycles. The van der Waals surface area contributed by atoms with Gasteiger partial charge < -0.3 is 15.2 Å². The summed E-state index contributed by atoms with van der Waals surface area (Å²) in [6.07, 6.45) is 0.989. The van der Waals surface area contributed by atoms with Crippen molar-refractivity contribution in [2.45, 2.75) is 19.0 Å². The number of ether oxygens (including phenoxy) is 1. The smallest absolute Gasteiger partial charge is 0.335 e. The molecule has 0 saturated carbocycles. The molecule has 0 aromatic heterocycles. The Kier molecular flexibility index (Phi) is 7.57. The van der Waals surface area contributed by atoms with Crippen LogP contribution in [0.4, 0.5) is 5.69 Å². The van der Waals surface area contributed by atoms with Crippen LogP contribution in [0.15, 0.2) is 78.9 Å². The largest absolute Gasteiger partial charge is 0.478 e. The van der Waals surface area contributed by atoms with Gasteiger partial charge in [0, 0.05) is 31.4 Å². The summed E-state index contributed by atoms with van der Waals surface area (Å²) in [6.45, 7) is 2.90. The lowest BCUT2D eigenvalue weighted by Crippen LogP contribution is -2.39. The first-order valence-electron chi connectivity index (χ1n) is 11.3. The molecule has 1 heterocycles. The Morgan fingerprint density at radius 2 is 1.68 bits per heavy atom. The van der Waals surface area contributed by atoms with Crippen molar-refractivity contribution in [1.82, 2.24) is 9.80 Å². The first kappa shape index (κ1) is 23.5. The number of carbonyl (C=O) groups excluding carboxylic acids is 1. The molecule has 1 aliphatic heterocycles. The van der Waals surface area contributed by atoms with E-state index in [2.05, 4.69) is 15.1 Å². The van der Waals surface area contributed by atoms with E-state index in [1.165, 1.54) is 0 Å². The van der Waals surface area contributed by atoms with Crippen LogP contribution in [0.2, 0.25) is 0 Å². The molecule has 0 unspecified atom stereocenters. The van der Waals surface area contributed by atoms with Crippen molar-refractivity contribution in [3.63, 3.8) is 0 Å². The molecule has 1 atom stereocenters. The molecular formula is C27H29N3O4. The molecule has 3 aromatic rings. The van der Waals surface area contributed by atoms with Crippen molar-refractivity contribution in [1.29, 1.82) is 0 Å². The molecule has 3 aromatic carbocycles. The topological polar surface area (TPSA) is 82.1 Å². The van der Waals surface area contributed by atoms with Gasteiger partial charge in [0.25, 0.3) is 0 Å². The third kappa shape index (κ3) is 6.43. The minimum atomic E-state index is -0.913. The molecule has 7 nitrogen and oxygen atoms in total. The average molecular weight is 460 g/mol. The van der Waals surface area contributed by atoms with Crippen LogP contribution < -0.4 is 10.1 Å². The number of nitrogens with one attached hydrogen (secondary N) is 1. The SMILES string of the molecule is CN(CC(=O)Nc1ccc(Oc2ccccc2)cc1)[C@H]1CCN(Cc2ccc(C(=O)O)cc2)C1. The summed E-state index contributed by atoms with van der Waals surface area (Å²) >= 11 is 0. The van der Waals surface area contributed by atoms with Crippen molar-refractivity contribution in [2.24, 2.45) is 0 Å². The van der Waals surface area contributed by atoms with Crippen LogP contribution in [0.3, 0.4) is 0 Å². The third-order valence-electron chi connectivity index (χ3n) is 5.99. The predicted octanol–water partition coefficient (Wildman–Crippen LogP) is 4.32. The van der Waals surface area contributed by atoms with E-state index in [4.69, 9.17) is 9.84 Å². The highest BCUT2D eigenvalue weighted by Crippen LogP contribution is 2.23. The van der Waals surface area contributed by atoms with Crippen molar-refractivity contribution < 1.29 is 19.4 Å². The van der Waals surface area contributed by atoms with Crippen LogP contribution in [-0.4, -0.2) is 59.5 Å². The lowest BCUT2D eigenvalue weighted by molar-refractivity contribution is -0.117. The fourth-order valence-electron chi connectivity index (χ4n) is 4.11. The quantitative estimate of drug-likeness (QED) is 0.496. The van der Waals surface area contributed by atoms with E-state index in [-0.39, 0.29) is 5.91 Å². The van der Waals surface area contributed by atoms with Gasteiger partial charge in [-0.05, 0) is 67.6 Å². The second kappa shape index (κ2) is 11.0. The summed E-state index contributed by atoms with van der Waals surface area (Å²) in [6, 6.07) is 24.2. The molecule has 1 fully saturated rings. The minimum absolute atomic E-state index is 0.0538. The molecule has 0 radical (unpaired) electrons. The summed E-state index contributed by atoms with van der Waals surface area (Å²) in [5, 5.41) is 12.0. The lowest BCUT2D eigenvalue weighted by atomic mass is 10.1. The maximum absolute atomic E-state index is 12.6. The summed E-state index contributed by atoms with van der Waals surface area (Å²) in [4.78, 5) is 28.0. The van der Waals surface area contributed by atoms with Crippen LogP contribution in [0.25, 0.3) is 0 Å². The molecular weight excluding hydrogens is 430 g/mol. The molecule has 4 rings (SSSR count). The Morgan fingerprint density at radius 3 is 2.35 bits per heavy atom. The number of hydrogen-bond donors (Lipinski definition) is 2. The minimum Gasteiger partial charge on any atom is -0.478 e. The number of nitrogens with zero attached hydrogens (tertiary/aromatic N) is 2. The second-order valence-electron chi connectivity index (χ2n) is 8.58. The lowest BCUT2D eigenvalue weighted by Gasteiger charge is -2.24. The van der Waals surface area contributed by atoms with Crippen molar-refractivity contribution >= 4 is 17.6 Å². The number of aromatic carboxylic acids is 1. The van der Waals surface area contributed by atoms with Crippen LogP contribution in [0, 0.1) is 0 Å². The Balaban J connectivity index is 1.22. The highest BCUT2D eigenvalue weighted by molar-refractivity contribution is 5.92. The number of amides is 1. The van der Waals surface area contributed by atoms with Crippen molar-refractivity contribution in [3.05, 3.63) is 90.0 Å². The van der Waals surface area contributed by atoms with Gasteiger partial charge >= 0.3 is 5.97 Å². The van der Waals surface area contributed by atoms with E-state index in [1.54, 1.807) is 12.1 Å². The zero-order valence-electron chi connectivity index (χ0n) is 19.2. The highest BCUT2D eigenvalue weighted by Gasteiger charge is 2.26. The first-order chi connectivity index (χ1) is 16.5. The fourth-order valence-corrected chi connectivity index (χ4v) is 4.11. The maximum Gasteiger partial charge on any atom is 0.335 e. The Morgan fingerprint density at radius 1 is 1.00 bits per heavy atom. The molecule has 1 amide bonds. The first-order valence-corrected chi connectivity index (χ1v) is 11.3. The molecule has 0 spiro atoms. The number of hydrogen-bond acceptors (Lipinski definition) is 5. The Bertz CT molecular complexity index is 1100. The van der Waals surface area contributed by atoms with Gasteiger partial charge in [-0.2, -0.15) is 0 Å². The molecule has 2 N–H and O–H groups in total. The van der Waals surface area contributed by atoms with Crippen LogP contribution >= 0.6 is 0 Å². The zero-order chi connectivity index (χ0) is 23.9. The number of likely N-dealkylation sites (tertiary alicyclic amines) is 1. The predicted molar refractivity (Wildman–Crippen MR) is 131 cm³/mol. The van der Waals surface area contributed by atoms with E-state index in [0.717, 1.165) is 43.1 Å². The molecule has 0 bridgehead atoms. The molecule has 0 aliphatic carbocycles. The number of carbonyl (C=O) groups is 2. The van der Waals surface area contributed by atoms with Crippen molar-refractivity contribution in [3.8, 4) is 11.5 Å². The normalized spacial score (nSPS) is 15.9. The molecule has 1 aliphatic rings. The summed E-state index contributed by atoms with van der Waals surface area (Å²) in [7, 11) is 1.98. The van der Waals surface area contributed by atoms with E-state index in [1.807, 2.05) is 73.8 Å². The standard InChI is InChI=1S/C27H29N3O4/c1-29(23-15-16-30(18-23)17-20-7-9-21(10-8-20)27(32)33)19-26(31)28-22-11-13-25(14-12-22)34-24-5-3-2-4-6-24/h2-14,23H,15-19H2,1H3,(H,28,31)(H,32,33)/t23-/m0/s1. The average Bonchev–Trinajstić information content (AvgIpc) is 3.30. The van der Waals surface area contributed by atoms with Gasteiger partial charge in [0.2, 0.25) is 5.91 Å². The van der Waals surface area contributed by atoms with Gasteiger partial charge in [-0.15, -0.1) is 0 Å². The Labute approximate surface area is 199 Å². The number of para-hydroxylation sites is 1. The van der Waals surface area contributed by atoms with Gasteiger partial charge in [-0.25, -0.2) is 4.79 Å². The van der Waals surface area contributed by atoms with E-state index < -0.39 is 5.97 Å². The number of benzene rings is 3. The van der Waals surface area contributed by atoms with Gasteiger partial charge in [0.1, 0.15) is 11.5 Å². The zero-order valence-corrected chi connectivity index (χ0v) is 19.2.